The molecule has 1 nitrogen and oxygen atoms in total. The van der Waals surface area contributed by atoms with E-state index in [1.165, 1.54) is 12.8 Å². The van der Waals surface area contributed by atoms with E-state index in [2.05, 4.69) is 12.2 Å². The van der Waals surface area contributed by atoms with E-state index < -0.39 is 0 Å². The van der Waals surface area contributed by atoms with Crippen LogP contribution in [0.25, 0.3) is 0 Å². The van der Waals surface area contributed by atoms with Crippen LogP contribution in [0.1, 0.15) is 31.2 Å². The molecule has 1 heterocycles. The molecule has 0 saturated heterocycles. The van der Waals surface area contributed by atoms with Gasteiger partial charge in [-0.05, 0) is 43.9 Å². The molecule has 0 atom stereocenters. The Morgan fingerprint density at radius 1 is 1.14 bits per heavy atom. The van der Waals surface area contributed by atoms with Gasteiger partial charge in [-0.1, -0.05) is 18.2 Å². The monoisotopic (exact) mass is 185 g/mol. The summed E-state index contributed by atoms with van der Waals surface area (Å²) in [6.07, 6.45) is 10.3. The van der Waals surface area contributed by atoms with E-state index in [0.717, 1.165) is 24.2 Å². The van der Waals surface area contributed by atoms with Crippen LogP contribution < -0.4 is 4.74 Å². The van der Waals surface area contributed by atoms with Gasteiger partial charge in [-0.2, -0.15) is 0 Å². The number of benzene rings is 1. The molecule has 0 aromatic heterocycles. The van der Waals surface area contributed by atoms with Crippen LogP contribution in [0.5, 0.6) is 5.75 Å². The van der Waals surface area contributed by atoms with Crippen LogP contribution in [0, 0.1) is 6.08 Å². The Labute approximate surface area is 84.4 Å². The Balaban J connectivity index is 2.00. The number of rotatable bonds is 0. The highest BCUT2D eigenvalue weighted by Crippen LogP contribution is 2.39. The Bertz CT molecular complexity index is 373. The molecule has 1 spiro atoms. The molecule has 0 N–H and O–H groups in total. The summed E-state index contributed by atoms with van der Waals surface area (Å²) >= 11 is 0. The SMILES string of the molecule is [C]1=CC2(CCCC2)Oc2ccccc21. The minimum atomic E-state index is -0.0195. The smallest absolute Gasteiger partial charge is 0.128 e. The van der Waals surface area contributed by atoms with Gasteiger partial charge in [0.1, 0.15) is 11.4 Å². The highest BCUT2D eigenvalue weighted by atomic mass is 16.5. The van der Waals surface area contributed by atoms with Crippen LogP contribution in [-0.4, -0.2) is 5.60 Å². The van der Waals surface area contributed by atoms with Gasteiger partial charge in [0.25, 0.3) is 0 Å². The van der Waals surface area contributed by atoms with Crippen molar-refractivity contribution in [3.8, 4) is 5.75 Å². The third kappa shape index (κ3) is 1.16. The zero-order valence-electron chi connectivity index (χ0n) is 8.12. The number of hydrogen-bond acceptors (Lipinski definition) is 1. The van der Waals surface area contributed by atoms with Crippen molar-refractivity contribution in [3.63, 3.8) is 0 Å². The maximum Gasteiger partial charge on any atom is 0.128 e. The Morgan fingerprint density at radius 2 is 1.93 bits per heavy atom. The van der Waals surface area contributed by atoms with Gasteiger partial charge >= 0.3 is 0 Å². The lowest BCUT2D eigenvalue weighted by Crippen LogP contribution is -2.32. The van der Waals surface area contributed by atoms with Gasteiger partial charge in [0.2, 0.25) is 0 Å². The van der Waals surface area contributed by atoms with Gasteiger partial charge in [0, 0.05) is 5.56 Å². The Morgan fingerprint density at radius 3 is 2.79 bits per heavy atom. The molecule has 3 rings (SSSR count). The predicted molar refractivity (Wildman–Crippen MR) is 55.2 cm³/mol. The summed E-state index contributed by atoms with van der Waals surface area (Å²) in [6, 6.07) is 8.13. The molecule has 1 aliphatic heterocycles. The summed E-state index contributed by atoms with van der Waals surface area (Å²) in [5.41, 5.74) is 1.07. The molecule has 71 valence electrons. The van der Waals surface area contributed by atoms with E-state index in [9.17, 15) is 0 Å². The van der Waals surface area contributed by atoms with Gasteiger partial charge in [0.05, 0.1) is 0 Å². The molecule has 0 unspecified atom stereocenters. The van der Waals surface area contributed by atoms with Crippen LogP contribution in [0.3, 0.4) is 0 Å². The molecule has 2 aliphatic rings. The van der Waals surface area contributed by atoms with E-state index >= 15 is 0 Å². The van der Waals surface area contributed by atoms with Crippen LogP contribution >= 0.6 is 0 Å². The van der Waals surface area contributed by atoms with Crippen molar-refractivity contribution >= 4 is 0 Å². The first kappa shape index (κ1) is 8.10. The topological polar surface area (TPSA) is 9.23 Å². The van der Waals surface area contributed by atoms with E-state index in [-0.39, 0.29) is 5.60 Å². The summed E-state index contributed by atoms with van der Waals surface area (Å²) in [4.78, 5) is 0. The normalized spacial score (nSPS) is 22.0. The van der Waals surface area contributed by atoms with Crippen LogP contribution in [0.15, 0.2) is 30.3 Å². The summed E-state index contributed by atoms with van der Waals surface area (Å²) < 4.78 is 6.06. The summed E-state index contributed by atoms with van der Waals surface area (Å²) in [6.45, 7) is 0. The lowest BCUT2D eigenvalue weighted by atomic mass is 9.97. The first-order valence-electron chi connectivity index (χ1n) is 5.27. The summed E-state index contributed by atoms with van der Waals surface area (Å²) in [5, 5.41) is 0. The average molecular weight is 185 g/mol. The Hall–Kier alpha value is -1.24. The van der Waals surface area contributed by atoms with E-state index in [0.29, 0.717) is 0 Å². The molecule has 1 saturated carbocycles. The van der Waals surface area contributed by atoms with Gasteiger partial charge < -0.3 is 4.74 Å². The molecule has 1 aromatic rings. The van der Waals surface area contributed by atoms with E-state index in [1.807, 2.05) is 24.3 Å². The number of para-hydroxylation sites is 1. The zero-order chi connectivity index (χ0) is 9.43. The standard InChI is InChI=1S/C13H13O/c1-2-6-12-11(5-1)7-10-13(14-12)8-3-4-9-13/h1-2,5-6,10H,3-4,8-9H2. The minimum absolute atomic E-state index is 0.0195. The van der Waals surface area contributed by atoms with Crippen molar-refractivity contribution in [1.82, 2.24) is 0 Å². The van der Waals surface area contributed by atoms with Gasteiger partial charge in [-0.15, -0.1) is 0 Å². The highest BCUT2D eigenvalue weighted by Gasteiger charge is 2.35. The molecule has 0 amide bonds. The van der Waals surface area contributed by atoms with Crippen molar-refractivity contribution in [1.29, 1.82) is 0 Å². The van der Waals surface area contributed by atoms with Crippen molar-refractivity contribution < 1.29 is 4.74 Å². The van der Waals surface area contributed by atoms with E-state index in [4.69, 9.17) is 4.74 Å². The van der Waals surface area contributed by atoms with Crippen LogP contribution in [-0.2, 0) is 0 Å². The van der Waals surface area contributed by atoms with Crippen molar-refractivity contribution in [2.75, 3.05) is 0 Å². The fraction of sp³-hybridized carbons (Fsp3) is 0.385. The average Bonchev–Trinajstić information content (AvgIpc) is 2.66. The molecule has 1 aliphatic carbocycles. The molecule has 1 fully saturated rings. The van der Waals surface area contributed by atoms with E-state index in [1.54, 1.807) is 0 Å². The maximum atomic E-state index is 6.06. The lowest BCUT2D eigenvalue weighted by molar-refractivity contribution is 0.122. The molecule has 0 bridgehead atoms. The second-order valence-corrected chi connectivity index (χ2v) is 4.16. The first-order valence-corrected chi connectivity index (χ1v) is 5.27. The number of fused-ring (bicyclic) bond motifs is 1. The molecular formula is C13H13O. The second-order valence-electron chi connectivity index (χ2n) is 4.16. The van der Waals surface area contributed by atoms with Crippen molar-refractivity contribution in [2.24, 2.45) is 0 Å². The summed E-state index contributed by atoms with van der Waals surface area (Å²) in [5.74, 6) is 0.997. The van der Waals surface area contributed by atoms with Gasteiger partial charge in [-0.25, -0.2) is 0 Å². The predicted octanol–water partition coefficient (Wildman–Crippen LogP) is 3.10. The third-order valence-electron chi connectivity index (χ3n) is 3.14. The third-order valence-corrected chi connectivity index (χ3v) is 3.14. The van der Waals surface area contributed by atoms with Gasteiger partial charge in [-0.3, -0.25) is 0 Å². The highest BCUT2D eigenvalue weighted by molar-refractivity contribution is 5.42. The fourth-order valence-electron chi connectivity index (χ4n) is 2.35. The quantitative estimate of drug-likeness (QED) is 0.603. The molecule has 14 heavy (non-hydrogen) atoms. The number of ether oxygens (including phenoxy) is 1. The van der Waals surface area contributed by atoms with Gasteiger partial charge in [0.15, 0.2) is 0 Å². The summed E-state index contributed by atoms with van der Waals surface area (Å²) in [7, 11) is 0. The zero-order valence-corrected chi connectivity index (χ0v) is 8.12. The van der Waals surface area contributed by atoms with Crippen molar-refractivity contribution in [2.45, 2.75) is 31.3 Å². The maximum absolute atomic E-state index is 6.06. The second kappa shape index (κ2) is 2.88. The number of hydrogen-bond donors (Lipinski definition) is 0. The minimum Gasteiger partial charge on any atom is -0.483 e. The lowest BCUT2D eigenvalue weighted by Gasteiger charge is -2.30. The van der Waals surface area contributed by atoms with Crippen molar-refractivity contribution in [3.05, 3.63) is 42.0 Å². The Kier molecular flexibility index (Phi) is 1.66. The van der Waals surface area contributed by atoms with Crippen LogP contribution in [0.4, 0.5) is 0 Å². The largest absolute Gasteiger partial charge is 0.483 e. The molecule has 1 heteroatoms. The first-order chi connectivity index (χ1) is 6.88. The molecule has 1 aromatic carbocycles. The van der Waals surface area contributed by atoms with Crippen LogP contribution in [0.2, 0.25) is 0 Å². The molecule has 1 radical (unpaired) electrons. The fourth-order valence-corrected chi connectivity index (χ4v) is 2.35. The molecular weight excluding hydrogens is 172 g/mol.